The predicted molar refractivity (Wildman–Crippen MR) is 93.3 cm³/mol. The molecule has 104 valence electrons. The lowest BCUT2D eigenvalue weighted by Gasteiger charge is -1.94. The third kappa shape index (κ3) is 2.67. The summed E-state index contributed by atoms with van der Waals surface area (Å²) in [5.41, 5.74) is 1.95. The highest BCUT2D eigenvalue weighted by Crippen LogP contribution is 2.33. The van der Waals surface area contributed by atoms with E-state index in [0.717, 1.165) is 31.2 Å². The molecule has 4 rings (SSSR count). The molecule has 0 radical (unpaired) electrons. The van der Waals surface area contributed by atoms with Crippen LogP contribution in [-0.2, 0) is 0 Å². The molecule has 21 heavy (non-hydrogen) atoms. The van der Waals surface area contributed by atoms with E-state index in [1.54, 1.807) is 34.0 Å². The number of nitrogens with one attached hydrogen (secondary N) is 1. The SMILES string of the molecule is Clc1ccc2nc(Nc3nc(-c4cccs4)cs3)sc2c1. The number of benzene rings is 1. The van der Waals surface area contributed by atoms with Gasteiger partial charge in [-0.2, -0.15) is 0 Å². The van der Waals surface area contributed by atoms with Crippen LogP contribution in [0, 0.1) is 0 Å². The second-order valence-electron chi connectivity index (χ2n) is 4.27. The first-order chi connectivity index (χ1) is 10.3. The zero-order valence-corrected chi connectivity index (χ0v) is 13.7. The summed E-state index contributed by atoms with van der Waals surface area (Å²) in [4.78, 5) is 10.3. The van der Waals surface area contributed by atoms with Crippen molar-refractivity contribution >= 4 is 66.1 Å². The van der Waals surface area contributed by atoms with Crippen LogP contribution in [-0.4, -0.2) is 9.97 Å². The lowest BCUT2D eigenvalue weighted by atomic mass is 10.3. The Morgan fingerprint density at radius 2 is 2.00 bits per heavy atom. The van der Waals surface area contributed by atoms with Gasteiger partial charge in [-0.05, 0) is 29.6 Å². The highest BCUT2D eigenvalue weighted by atomic mass is 35.5. The molecule has 0 aliphatic carbocycles. The number of thiazole rings is 2. The molecule has 0 saturated heterocycles. The number of aromatic nitrogens is 2. The van der Waals surface area contributed by atoms with Crippen molar-refractivity contribution in [3.63, 3.8) is 0 Å². The maximum Gasteiger partial charge on any atom is 0.190 e. The molecule has 0 bridgehead atoms. The minimum Gasteiger partial charge on any atom is -0.307 e. The van der Waals surface area contributed by atoms with E-state index in [4.69, 9.17) is 11.6 Å². The van der Waals surface area contributed by atoms with Crippen LogP contribution >= 0.6 is 45.6 Å². The van der Waals surface area contributed by atoms with Crippen LogP contribution < -0.4 is 5.32 Å². The number of nitrogens with zero attached hydrogens (tertiary/aromatic N) is 2. The Morgan fingerprint density at radius 3 is 2.86 bits per heavy atom. The fourth-order valence-electron chi connectivity index (χ4n) is 1.91. The first-order valence-electron chi connectivity index (χ1n) is 6.10. The van der Waals surface area contributed by atoms with Crippen molar-refractivity contribution in [3.8, 4) is 10.6 Å². The Balaban J connectivity index is 1.62. The van der Waals surface area contributed by atoms with Gasteiger partial charge in [0, 0.05) is 10.4 Å². The molecular weight excluding hydrogens is 342 g/mol. The van der Waals surface area contributed by atoms with E-state index in [-0.39, 0.29) is 0 Å². The van der Waals surface area contributed by atoms with Crippen LogP contribution in [0.25, 0.3) is 20.8 Å². The van der Waals surface area contributed by atoms with E-state index < -0.39 is 0 Å². The molecule has 0 amide bonds. The van der Waals surface area contributed by atoms with Crippen molar-refractivity contribution in [2.75, 3.05) is 5.32 Å². The molecule has 0 atom stereocenters. The van der Waals surface area contributed by atoms with Crippen LogP contribution in [0.1, 0.15) is 0 Å². The summed E-state index contributed by atoms with van der Waals surface area (Å²) in [6, 6.07) is 9.82. The standard InChI is InChI=1S/C14H8ClN3S3/c15-8-3-4-9-12(6-8)21-14(16-9)18-13-17-10(7-20-13)11-2-1-5-19-11/h1-7H,(H,16,17,18). The number of halogens is 1. The van der Waals surface area contributed by atoms with Crippen LogP contribution in [0.3, 0.4) is 0 Å². The van der Waals surface area contributed by atoms with Crippen LogP contribution in [0.15, 0.2) is 41.1 Å². The highest BCUT2D eigenvalue weighted by molar-refractivity contribution is 7.22. The normalized spacial score (nSPS) is 11.1. The number of anilines is 2. The molecule has 4 aromatic rings. The molecule has 3 heterocycles. The summed E-state index contributed by atoms with van der Waals surface area (Å²) in [5, 5.41) is 9.79. The van der Waals surface area contributed by atoms with Gasteiger partial charge in [0.05, 0.1) is 20.8 Å². The molecular formula is C14H8ClN3S3. The zero-order valence-electron chi connectivity index (χ0n) is 10.5. The predicted octanol–water partition coefficient (Wildman–Crippen LogP) is 5.88. The molecule has 3 nitrogen and oxygen atoms in total. The monoisotopic (exact) mass is 349 g/mol. The second-order valence-corrected chi connectivity index (χ2v) is 7.54. The third-order valence-electron chi connectivity index (χ3n) is 2.84. The Labute approximate surface area is 137 Å². The van der Waals surface area contributed by atoms with Crippen LogP contribution in [0.4, 0.5) is 10.3 Å². The van der Waals surface area contributed by atoms with Gasteiger partial charge in [-0.3, -0.25) is 0 Å². The van der Waals surface area contributed by atoms with Crippen LogP contribution in [0.5, 0.6) is 0 Å². The fraction of sp³-hybridized carbons (Fsp3) is 0. The largest absolute Gasteiger partial charge is 0.307 e. The minimum atomic E-state index is 0.729. The Kier molecular flexibility index (Phi) is 3.39. The summed E-state index contributed by atoms with van der Waals surface area (Å²) in [7, 11) is 0. The average molecular weight is 350 g/mol. The molecule has 0 aliphatic heterocycles. The quantitative estimate of drug-likeness (QED) is 0.502. The molecule has 0 aliphatic rings. The number of fused-ring (bicyclic) bond motifs is 1. The molecule has 0 spiro atoms. The topological polar surface area (TPSA) is 37.8 Å². The molecule has 7 heteroatoms. The van der Waals surface area contributed by atoms with Gasteiger partial charge >= 0.3 is 0 Å². The molecule has 0 unspecified atom stereocenters. The van der Waals surface area contributed by atoms with Gasteiger partial charge in [0.25, 0.3) is 0 Å². The lowest BCUT2D eigenvalue weighted by molar-refractivity contribution is 1.37. The third-order valence-corrected chi connectivity index (χ3v) is 5.66. The Hall–Kier alpha value is -1.47. The van der Waals surface area contributed by atoms with Gasteiger partial charge in [0.2, 0.25) is 0 Å². The summed E-state index contributed by atoms with van der Waals surface area (Å²) in [6.07, 6.45) is 0. The average Bonchev–Trinajstić information content (AvgIpc) is 3.16. The van der Waals surface area contributed by atoms with Gasteiger partial charge in [-0.15, -0.1) is 22.7 Å². The zero-order chi connectivity index (χ0) is 14.2. The second kappa shape index (κ2) is 5.38. The first kappa shape index (κ1) is 13.2. The Morgan fingerprint density at radius 1 is 1.05 bits per heavy atom. The van der Waals surface area contributed by atoms with Crippen molar-refractivity contribution in [2.24, 2.45) is 0 Å². The van der Waals surface area contributed by atoms with Crippen molar-refractivity contribution in [1.29, 1.82) is 0 Å². The van der Waals surface area contributed by atoms with E-state index in [0.29, 0.717) is 0 Å². The number of hydrogen-bond acceptors (Lipinski definition) is 6. The van der Waals surface area contributed by atoms with E-state index >= 15 is 0 Å². The molecule has 0 saturated carbocycles. The lowest BCUT2D eigenvalue weighted by Crippen LogP contribution is -1.87. The summed E-state index contributed by atoms with van der Waals surface area (Å²) in [5.74, 6) is 0. The van der Waals surface area contributed by atoms with Gasteiger partial charge < -0.3 is 5.32 Å². The van der Waals surface area contributed by atoms with Crippen molar-refractivity contribution < 1.29 is 0 Å². The summed E-state index contributed by atoms with van der Waals surface area (Å²) >= 11 is 10.8. The van der Waals surface area contributed by atoms with Gasteiger partial charge in [0.15, 0.2) is 10.3 Å². The van der Waals surface area contributed by atoms with E-state index in [9.17, 15) is 0 Å². The van der Waals surface area contributed by atoms with Gasteiger partial charge in [0.1, 0.15) is 0 Å². The highest BCUT2D eigenvalue weighted by Gasteiger charge is 2.09. The maximum absolute atomic E-state index is 6.00. The number of hydrogen-bond donors (Lipinski definition) is 1. The molecule has 3 aromatic heterocycles. The van der Waals surface area contributed by atoms with Crippen molar-refractivity contribution in [2.45, 2.75) is 0 Å². The van der Waals surface area contributed by atoms with E-state index in [2.05, 4.69) is 32.1 Å². The number of rotatable bonds is 3. The molecule has 1 N–H and O–H groups in total. The number of thiophene rings is 1. The molecule has 1 aromatic carbocycles. The minimum absolute atomic E-state index is 0.729. The van der Waals surface area contributed by atoms with Gasteiger partial charge in [-0.1, -0.05) is 29.0 Å². The fourth-order valence-corrected chi connectivity index (χ4v) is 4.59. The van der Waals surface area contributed by atoms with Crippen LogP contribution in [0.2, 0.25) is 5.02 Å². The van der Waals surface area contributed by atoms with E-state index in [1.807, 2.05) is 24.3 Å². The maximum atomic E-state index is 6.00. The molecule has 0 fully saturated rings. The van der Waals surface area contributed by atoms with Gasteiger partial charge in [-0.25, -0.2) is 9.97 Å². The van der Waals surface area contributed by atoms with E-state index in [1.165, 1.54) is 4.88 Å². The summed E-state index contributed by atoms with van der Waals surface area (Å²) < 4.78 is 1.07. The Bertz CT molecular complexity index is 895. The van der Waals surface area contributed by atoms with Crippen molar-refractivity contribution in [3.05, 3.63) is 46.1 Å². The van der Waals surface area contributed by atoms with Crippen molar-refractivity contribution in [1.82, 2.24) is 9.97 Å². The summed E-state index contributed by atoms with van der Waals surface area (Å²) in [6.45, 7) is 0. The smallest absolute Gasteiger partial charge is 0.190 e. The first-order valence-corrected chi connectivity index (χ1v) is 9.06.